The van der Waals surface area contributed by atoms with Gasteiger partial charge in [-0.05, 0) is 72.3 Å². The monoisotopic (exact) mass is 565 g/mol. The van der Waals surface area contributed by atoms with Crippen LogP contribution in [0.4, 0.5) is 26.2 Å². The number of methoxy groups -OCH3 is 1. The van der Waals surface area contributed by atoms with Gasteiger partial charge in [-0.2, -0.15) is 0 Å². The van der Waals surface area contributed by atoms with Crippen molar-refractivity contribution in [2.75, 3.05) is 28.8 Å². The summed E-state index contributed by atoms with van der Waals surface area (Å²) in [5.41, 5.74) is 1.21. The topological polar surface area (TPSA) is 105 Å². The van der Waals surface area contributed by atoms with E-state index in [1.807, 2.05) is 0 Å². The number of nitrogens with zero attached hydrogens (tertiary/aromatic N) is 2. The Morgan fingerprint density at radius 2 is 1.36 bits per heavy atom. The van der Waals surface area contributed by atoms with Gasteiger partial charge >= 0.3 is 6.03 Å². The van der Waals surface area contributed by atoms with E-state index >= 15 is 0 Å². The van der Waals surface area contributed by atoms with Crippen LogP contribution in [0, 0.1) is 5.82 Å². The molecule has 1 fully saturated rings. The maximum atomic E-state index is 13.6. The number of anilines is 3. The number of hydrogen-bond donors (Lipinski definition) is 1. The van der Waals surface area contributed by atoms with Gasteiger partial charge in [-0.3, -0.25) is 14.4 Å². The first kappa shape index (κ1) is 27.8. The molecule has 0 aromatic heterocycles. The molecule has 0 spiro atoms. The molecule has 10 heteroatoms. The normalized spacial score (nSPS) is 13.2. The Labute approximate surface area is 240 Å². The van der Waals surface area contributed by atoms with Gasteiger partial charge in [0.2, 0.25) is 0 Å². The second-order valence-electron chi connectivity index (χ2n) is 9.05. The van der Waals surface area contributed by atoms with Crippen LogP contribution in [-0.4, -0.2) is 37.5 Å². The average Bonchev–Trinajstić information content (AvgIpc) is 3.01. The molecule has 0 radical (unpaired) electrons. The summed E-state index contributed by atoms with van der Waals surface area (Å²) in [6.45, 7) is -0.356. The fourth-order valence-corrected chi connectivity index (χ4v) is 4.27. The first-order valence-corrected chi connectivity index (χ1v) is 12.8. The second-order valence-corrected chi connectivity index (χ2v) is 9.05. The van der Waals surface area contributed by atoms with Gasteiger partial charge < -0.3 is 14.8 Å². The van der Waals surface area contributed by atoms with E-state index < -0.39 is 29.6 Å². The lowest BCUT2D eigenvalue weighted by Crippen LogP contribution is -2.57. The highest BCUT2D eigenvalue weighted by Gasteiger charge is 2.43. The third-order valence-corrected chi connectivity index (χ3v) is 6.26. The Kier molecular flexibility index (Phi) is 8.05. The van der Waals surface area contributed by atoms with E-state index in [9.17, 15) is 23.6 Å². The van der Waals surface area contributed by atoms with Crippen molar-refractivity contribution in [2.24, 2.45) is 0 Å². The fourth-order valence-electron chi connectivity index (χ4n) is 4.27. The van der Waals surface area contributed by atoms with Crippen molar-refractivity contribution in [2.45, 2.75) is 0 Å². The van der Waals surface area contributed by atoms with Gasteiger partial charge in [0.25, 0.3) is 17.7 Å². The zero-order valence-electron chi connectivity index (χ0n) is 22.3. The summed E-state index contributed by atoms with van der Waals surface area (Å²) in [4.78, 5) is 54.8. The molecule has 1 aliphatic rings. The number of imide groups is 2. The van der Waals surface area contributed by atoms with Gasteiger partial charge in [0.1, 0.15) is 11.4 Å². The van der Waals surface area contributed by atoms with Gasteiger partial charge in [-0.1, -0.05) is 42.5 Å². The average molecular weight is 566 g/mol. The zero-order valence-corrected chi connectivity index (χ0v) is 22.3. The van der Waals surface area contributed by atoms with Crippen LogP contribution < -0.4 is 24.6 Å². The van der Waals surface area contributed by atoms with Crippen molar-refractivity contribution < 1.29 is 33.0 Å². The smallest absolute Gasteiger partial charge is 0.343 e. The highest BCUT2D eigenvalue weighted by Crippen LogP contribution is 2.32. The number of carbonyl (C=O) groups excluding carboxylic acids is 4. The molecule has 0 bridgehead atoms. The summed E-state index contributed by atoms with van der Waals surface area (Å²) < 4.78 is 24.1. The summed E-state index contributed by atoms with van der Waals surface area (Å²) >= 11 is 0. The Hall–Kier alpha value is -5.77. The molecule has 5 rings (SSSR count). The van der Waals surface area contributed by atoms with Crippen molar-refractivity contribution in [3.05, 3.63) is 120 Å². The van der Waals surface area contributed by atoms with Crippen LogP contribution in [0.2, 0.25) is 0 Å². The van der Waals surface area contributed by atoms with Crippen LogP contribution in [0.15, 0.2) is 109 Å². The highest BCUT2D eigenvalue weighted by atomic mass is 19.1. The van der Waals surface area contributed by atoms with E-state index in [0.717, 1.165) is 9.80 Å². The molecule has 1 aliphatic heterocycles. The number of barbiturate groups is 1. The maximum absolute atomic E-state index is 13.6. The molecule has 0 atom stereocenters. The SMILES string of the molecule is COc1cc(C=C2C(=O)N(c3ccccc3)C(=O)N(c3ccccc3)C2=O)ccc1OCC(=O)Nc1ccc(F)cc1. The number of ether oxygens (including phenoxy) is 2. The van der Waals surface area contributed by atoms with Gasteiger partial charge in [-0.25, -0.2) is 19.0 Å². The summed E-state index contributed by atoms with van der Waals surface area (Å²) in [6.07, 6.45) is 1.37. The van der Waals surface area contributed by atoms with Crippen molar-refractivity contribution in [1.82, 2.24) is 0 Å². The number of urea groups is 1. The summed E-state index contributed by atoms with van der Waals surface area (Å²) in [5, 5.41) is 2.60. The Bertz CT molecular complexity index is 1610. The number of rotatable bonds is 8. The van der Waals surface area contributed by atoms with Gasteiger partial charge in [-0.15, -0.1) is 0 Å². The number of hydrogen-bond acceptors (Lipinski definition) is 6. The molecule has 9 nitrogen and oxygen atoms in total. The molecule has 1 N–H and O–H groups in total. The van der Waals surface area contributed by atoms with Crippen LogP contribution in [0.3, 0.4) is 0 Å². The molecule has 4 aromatic rings. The predicted octanol–water partition coefficient (Wildman–Crippen LogP) is 5.44. The van der Waals surface area contributed by atoms with Gasteiger partial charge in [0, 0.05) is 5.69 Å². The Morgan fingerprint density at radius 3 is 1.90 bits per heavy atom. The Balaban J connectivity index is 1.42. The third kappa shape index (κ3) is 5.87. The predicted molar refractivity (Wildman–Crippen MR) is 155 cm³/mol. The molecule has 0 aliphatic carbocycles. The van der Waals surface area contributed by atoms with Crippen LogP contribution >= 0.6 is 0 Å². The van der Waals surface area contributed by atoms with Crippen molar-refractivity contribution in [3.63, 3.8) is 0 Å². The van der Waals surface area contributed by atoms with E-state index in [4.69, 9.17) is 9.47 Å². The van der Waals surface area contributed by atoms with E-state index in [1.165, 1.54) is 49.6 Å². The standard InChI is InChI=1S/C32H24FN3O6/c1-41-28-19-21(12-17-27(28)42-20-29(37)34-23-15-13-22(33)14-16-23)18-26-30(38)35(24-8-4-2-5-9-24)32(40)36(31(26)39)25-10-6-3-7-11-25/h2-19H,20H2,1H3,(H,34,37). The lowest BCUT2D eigenvalue weighted by atomic mass is 10.0. The van der Waals surface area contributed by atoms with E-state index in [1.54, 1.807) is 66.7 Å². The second kappa shape index (κ2) is 12.2. The van der Waals surface area contributed by atoms with Gasteiger partial charge in [0.15, 0.2) is 18.1 Å². The maximum Gasteiger partial charge on any atom is 0.343 e. The summed E-state index contributed by atoms with van der Waals surface area (Å²) in [7, 11) is 1.40. The minimum atomic E-state index is -0.792. The molecular formula is C32H24FN3O6. The van der Waals surface area contributed by atoms with Crippen molar-refractivity contribution >= 4 is 46.9 Å². The minimum Gasteiger partial charge on any atom is -0.493 e. The lowest BCUT2D eigenvalue weighted by Gasteiger charge is -2.33. The van der Waals surface area contributed by atoms with E-state index in [-0.39, 0.29) is 23.7 Å². The molecule has 4 aromatic carbocycles. The molecule has 5 amide bonds. The molecule has 1 heterocycles. The molecule has 1 saturated heterocycles. The molecule has 210 valence electrons. The highest BCUT2D eigenvalue weighted by molar-refractivity contribution is 6.46. The largest absolute Gasteiger partial charge is 0.493 e. The minimum absolute atomic E-state index is 0.238. The number of para-hydroxylation sites is 2. The third-order valence-electron chi connectivity index (χ3n) is 6.26. The van der Waals surface area contributed by atoms with Crippen LogP contribution in [-0.2, 0) is 14.4 Å². The number of amides is 5. The van der Waals surface area contributed by atoms with Crippen LogP contribution in [0.25, 0.3) is 6.08 Å². The number of halogens is 1. The van der Waals surface area contributed by atoms with Gasteiger partial charge in [0.05, 0.1) is 18.5 Å². The molecule has 42 heavy (non-hydrogen) atoms. The lowest BCUT2D eigenvalue weighted by molar-refractivity contribution is -0.121. The number of benzene rings is 4. The first-order chi connectivity index (χ1) is 20.4. The first-order valence-electron chi connectivity index (χ1n) is 12.8. The van der Waals surface area contributed by atoms with Crippen LogP contribution in [0.1, 0.15) is 5.56 Å². The Morgan fingerprint density at radius 1 is 0.786 bits per heavy atom. The van der Waals surface area contributed by atoms with E-state index in [0.29, 0.717) is 22.6 Å². The number of nitrogens with one attached hydrogen (secondary N) is 1. The van der Waals surface area contributed by atoms with Crippen molar-refractivity contribution in [1.29, 1.82) is 0 Å². The quantitative estimate of drug-likeness (QED) is 0.226. The zero-order chi connectivity index (χ0) is 29.6. The summed E-state index contributed by atoms with van der Waals surface area (Å²) in [5.74, 6) is -1.97. The fraction of sp³-hybridized carbons (Fsp3) is 0.0625. The van der Waals surface area contributed by atoms with Crippen molar-refractivity contribution in [3.8, 4) is 11.5 Å². The van der Waals surface area contributed by atoms with E-state index in [2.05, 4.69) is 5.32 Å². The molecule has 0 unspecified atom stereocenters. The molecule has 0 saturated carbocycles. The van der Waals surface area contributed by atoms with Crippen LogP contribution in [0.5, 0.6) is 11.5 Å². The number of carbonyl (C=O) groups is 4. The summed E-state index contributed by atoms with van der Waals surface area (Å²) in [6, 6.07) is 25.8. The molecular weight excluding hydrogens is 541 g/mol.